The summed E-state index contributed by atoms with van der Waals surface area (Å²) in [5, 5.41) is 8.81. The van der Waals surface area contributed by atoms with E-state index in [-0.39, 0.29) is 23.1 Å². The molecule has 1 aromatic rings. The highest BCUT2D eigenvalue weighted by Crippen LogP contribution is 2.25. The van der Waals surface area contributed by atoms with Crippen molar-refractivity contribution in [3.63, 3.8) is 0 Å². The molecule has 0 aromatic carbocycles. The highest BCUT2D eigenvalue weighted by molar-refractivity contribution is 5.30. The van der Waals surface area contributed by atoms with Gasteiger partial charge in [0.25, 0.3) is 5.56 Å². The molecule has 1 heterocycles. The smallest absolute Gasteiger partial charge is 0.290 e. The van der Waals surface area contributed by atoms with Crippen molar-refractivity contribution in [2.24, 2.45) is 7.05 Å². The van der Waals surface area contributed by atoms with Crippen molar-refractivity contribution < 1.29 is 5.21 Å². The minimum atomic E-state index is -0.374. The Morgan fingerprint density at radius 3 is 2.53 bits per heavy atom. The van der Waals surface area contributed by atoms with E-state index in [0.29, 0.717) is 0 Å². The summed E-state index contributed by atoms with van der Waals surface area (Å²) in [7, 11) is 1.53. The van der Waals surface area contributed by atoms with E-state index < -0.39 is 0 Å². The predicted molar refractivity (Wildman–Crippen MR) is 63.5 cm³/mol. The van der Waals surface area contributed by atoms with E-state index in [1.54, 1.807) is 0 Å². The number of nitrogens with zero attached hydrogens (tertiary/aromatic N) is 2. The second-order valence-electron chi connectivity index (χ2n) is 4.48. The molecule has 0 saturated heterocycles. The van der Waals surface area contributed by atoms with E-state index in [1.165, 1.54) is 28.7 Å². The zero-order valence-corrected chi connectivity index (χ0v) is 9.85. The maximum absolute atomic E-state index is 12.0. The van der Waals surface area contributed by atoms with E-state index in [0.717, 1.165) is 25.7 Å². The molecule has 2 rings (SSSR count). The normalized spacial score (nSPS) is 17.1. The van der Waals surface area contributed by atoms with E-state index in [4.69, 9.17) is 5.21 Å². The number of hydrogen-bond donors (Lipinski definition) is 2. The van der Waals surface area contributed by atoms with E-state index in [1.807, 2.05) is 5.48 Å². The van der Waals surface area contributed by atoms with Gasteiger partial charge in [-0.2, -0.15) is 0 Å². The number of hydrogen-bond acceptors (Lipinski definition) is 4. The Hall–Kier alpha value is -1.56. The van der Waals surface area contributed by atoms with Crippen molar-refractivity contribution in [2.75, 3.05) is 5.48 Å². The van der Waals surface area contributed by atoms with Crippen molar-refractivity contribution in [2.45, 2.75) is 38.1 Å². The first-order valence-electron chi connectivity index (χ1n) is 5.88. The molecule has 0 radical (unpaired) electrons. The van der Waals surface area contributed by atoms with Crippen molar-refractivity contribution in [3.8, 4) is 0 Å². The van der Waals surface area contributed by atoms with Crippen LogP contribution in [0.25, 0.3) is 0 Å². The molecule has 0 bridgehead atoms. The van der Waals surface area contributed by atoms with Crippen molar-refractivity contribution in [1.82, 2.24) is 9.13 Å². The average molecular weight is 239 g/mol. The maximum Gasteiger partial charge on any atom is 0.332 e. The summed E-state index contributed by atoms with van der Waals surface area (Å²) in [6.45, 7) is 0. The Morgan fingerprint density at radius 1 is 1.29 bits per heavy atom. The minimum absolute atomic E-state index is 0.00249. The summed E-state index contributed by atoms with van der Waals surface area (Å²) in [6.07, 6.45) is 5.03. The maximum atomic E-state index is 12.0. The van der Waals surface area contributed by atoms with Crippen LogP contribution in [0, 0.1) is 0 Å². The summed E-state index contributed by atoms with van der Waals surface area (Å²) in [5.41, 5.74) is 1.13. The molecule has 1 aliphatic carbocycles. The predicted octanol–water partition coefficient (Wildman–Crippen LogP) is 0.853. The van der Waals surface area contributed by atoms with Crippen LogP contribution in [-0.4, -0.2) is 14.3 Å². The van der Waals surface area contributed by atoms with Gasteiger partial charge in [0, 0.05) is 19.2 Å². The van der Waals surface area contributed by atoms with E-state index >= 15 is 0 Å². The van der Waals surface area contributed by atoms with Crippen LogP contribution in [0.1, 0.15) is 38.1 Å². The van der Waals surface area contributed by atoms with Gasteiger partial charge in [0.2, 0.25) is 0 Å². The van der Waals surface area contributed by atoms with Gasteiger partial charge < -0.3 is 0 Å². The van der Waals surface area contributed by atoms with Gasteiger partial charge in [-0.05, 0) is 12.8 Å². The number of rotatable bonds is 2. The van der Waals surface area contributed by atoms with Crippen LogP contribution >= 0.6 is 0 Å². The summed E-state index contributed by atoms with van der Waals surface area (Å²) in [4.78, 5) is 23.9. The van der Waals surface area contributed by atoms with Gasteiger partial charge in [-0.1, -0.05) is 19.3 Å². The van der Waals surface area contributed by atoms with Crippen LogP contribution in [0.4, 0.5) is 5.82 Å². The van der Waals surface area contributed by atoms with Crippen molar-refractivity contribution in [1.29, 1.82) is 0 Å². The highest BCUT2D eigenvalue weighted by atomic mass is 16.5. The van der Waals surface area contributed by atoms with Gasteiger partial charge in [0.15, 0.2) is 0 Å². The summed E-state index contributed by atoms with van der Waals surface area (Å²) in [6, 6.07) is 1.25. The monoisotopic (exact) mass is 239 g/mol. The first-order chi connectivity index (χ1) is 8.15. The molecule has 2 N–H and O–H groups in total. The molecule has 0 unspecified atom stereocenters. The fourth-order valence-corrected chi connectivity index (χ4v) is 2.42. The lowest BCUT2D eigenvalue weighted by Gasteiger charge is -2.23. The summed E-state index contributed by atoms with van der Waals surface area (Å²) in [5.74, 6) is 0.118. The Kier molecular flexibility index (Phi) is 3.33. The SMILES string of the molecule is Cn1c(NO)cc(=O)n(C2CCCCC2)c1=O. The fraction of sp³-hybridized carbons (Fsp3) is 0.636. The molecule has 0 amide bonds. The molecule has 1 aromatic heterocycles. The topological polar surface area (TPSA) is 76.3 Å². The quantitative estimate of drug-likeness (QED) is 0.750. The van der Waals surface area contributed by atoms with E-state index in [9.17, 15) is 9.59 Å². The van der Waals surface area contributed by atoms with Crippen LogP contribution in [0.2, 0.25) is 0 Å². The van der Waals surface area contributed by atoms with Crippen LogP contribution in [-0.2, 0) is 7.05 Å². The molecule has 17 heavy (non-hydrogen) atoms. The standard InChI is InChI=1S/C11H17N3O3/c1-13-9(12-17)7-10(15)14(11(13)16)8-5-3-2-4-6-8/h7-8,12,17H,2-6H2,1H3. The minimum Gasteiger partial charge on any atom is -0.290 e. The lowest BCUT2D eigenvalue weighted by molar-refractivity contribution is 0.328. The third-order valence-electron chi connectivity index (χ3n) is 3.41. The van der Waals surface area contributed by atoms with Gasteiger partial charge in [0.1, 0.15) is 5.82 Å². The molecule has 0 atom stereocenters. The molecule has 6 nitrogen and oxygen atoms in total. The summed E-state index contributed by atoms with van der Waals surface area (Å²) >= 11 is 0. The molecule has 1 saturated carbocycles. The average Bonchev–Trinajstić information content (AvgIpc) is 2.35. The number of nitrogens with one attached hydrogen (secondary N) is 1. The van der Waals surface area contributed by atoms with Crippen molar-refractivity contribution in [3.05, 3.63) is 26.9 Å². The highest BCUT2D eigenvalue weighted by Gasteiger charge is 2.20. The second-order valence-corrected chi connectivity index (χ2v) is 4.48. The molecular weight excluding hydrogens is 222 g/mol. The Labute approximate surface area is 98.5 Å². The second kappa shape index (κ2) is 4.75. The van der Waals surface area contributed by atoms with Gasteiger partial charge in [-0.3, -0.25) is 24.6 Å². The Bertz CT molecular complexity index is 512. The molecule has 6 heteroatoms. The van der Waals surface area contributed by atoms with Gasteiger partial charge >= 0.3 is 5.69 Å². The van der Waals surface area contributed by atoms with Crippen LogP contribution in [0.3, 0.4) is 0 Å². The van der Waals surface area contributed by atoms with Crippen LogP contribution < -0.4 is 16.7 Å². The molecule has 1 aliphatic rings. The van der Waals surface area contributed by atoms with Crippen LogP contribution in [0.5, 0.6) is 0 Å². The van der Waals surface area contributed by atoms with E-state index in [2.05, 4.69) is 0 Å². The largest absolute Gasteiger partial charge is 0.332 e. The Balaban J connectivity index is 2.50. The van der Waals surface area contributed by atoms with Gasteiger partial charge in [0.05, 0.1) is 0 Å². The zero-order chi connectivity index (χ0) is 12.4. The number of aromatic nitrogens is 2. The first kappa shape index (κ1) is 11.9. The molecular formula is C11H17N3O3. The summed E-state index contributed by atoms with van der Waals surface area (Å²) < 4.78 is 2.55. The first-order valence-corrected chi connectivity index (χ1v) is 5.88. The molecule has 0 aliphatic heterocycles. The zero-order valence-electron chi connectivity index (χ0n) is 9.85. The number of anilines is 1. The lowest BCUT2D eigenvalue weighted by atomic mass is 9.95. The third-order valence-corrected chi connectivity index (χ3v) is 3.41. The molecule has 0 spiro atoms. The van der Waals surface area contributed by atoms with Crippen molar-refractivity contribution >= 4 is 5.82 Å². The lowest BCUT2D eigenvalue weighted by Crippen LogP contribution is -2.42. The third kappa shape index (κ3) is 2.12. The molecule has 94 valence electrons. The Morgan fingerprint density at radius 2 is 1.94 bits per heavy atom. The molecule has 1 fully saturated rings. The fourth-order valence-electron chi connectivity index (χ4n) is 2.42. The van der Waals surface area contributed by atoms with Gasteiger partial charge in [-0.25, -0.2) is 4.79 Å². The van der Waals surface area contributed by atoms with Crippen LogP contribution in [0.15, 0.2) is 15.7 Å². The van der Waals surface area contributed by atoms with Gasteiger partial charge in [-0.15, -0.1) is 0 Å².